The van der Waals surface area contributed by atoms with Gasteiger partial charge in [0.2, 0.25) is 15.7 Å². The largest absolute Gasteiger partial charge is 0.432 e. The number of sulfonamides is 1. The highest BCUT2D eigenvalue weighted by Crippen LogP contribution is 2.44. The van der Waals surface area contributed by atoms with Crippen LogP contribution in [0.15, 0.2) is 83.8 Å². The Balaban J connectivity index is 1.77. The summed E-state index contributed by atoms with van der Waals surface area (Å²) in [5.41, 5.74) is 0.920. The normalized spacial score (nSPS) is 17.7. The number of fused-ring (bicyclic) bond motifs is 1. The number of hydrogen-bond donors (Lipinski definition) is 0. The molecule has 0 spiro atoms. The molecule has 3 aromatic rings. The molecule has 0 saturated heterocycles. The van der Waals surface area contributed by atoms with Gasteiger partial charge in [0.25, 0.3) is 5.78 Å². The van der Waals surface area contributed by atoms with Gasteiger partial charge in [-0.25, -0.2) is 13.2 Å². The molecule has 0 amide bonds. The summed E-state index contributed by atoms with van der Waals surface area (Å²) >= 11 is 0. The first-order chi connectivity index (χ1) is 15.3. The topological polar surface area (TPSA) is 80.8 Å². The number of hydrogen-bond acceptors (Lipinski definition) is 5. The lowest BCUT2D eigenvalue weighted by Gasteiger charge is -2.37. The molecule has 1 aliphatic rings. The predicted octanol–water partition coefficient (Wildman–Crippen LogP) is 3.84. The standard InChI is InChI=1S/C25H23NO5S/c1-18-12-14-21(15-13-18)32(29,30)26(2)25(17-16-19-8-6-7-11-22(19)25)31-24(28)23(27)20-9-4-3-5-10-20/h3-15H,16-17H2,1-2H3/t25-/m1/s1. The van der Waals surface area contributed by atoms with Crippen LogP contribution < -0.4 is 0 Å². The van der Waals surface area contributed by atoms with E-state index in [1.165, 1.54) is 31.3 Å². The summed E-state index contributed by atoms with van der Waals surface area (Å²) < 4.78 is 33.9. The van der Waals surface area contributed by atoms with E-state index in [0.717, 1.165) is 15.4 Å². The monoisotopic (exact) mass is 449 g/mol. The molecule has 0 heterocycles. The first-order valence-corrected chi connectivity index (χ1v) is 11.7. The quantitative estimate of drug-likeness (QED) is 0.247. The van der Waals surface area contributed by atoms with Crippen LogP contribution in [-0.4, -0.2) is 31.5 Å². The molecule has 0 radical (unpaired) electrons. The molecular weight excluding hydrogens is 426 g/mol. The van der Waals surface area contributed by atoms with Crippen LogP contribution in [0.25, 0.3) is 0 Å². The lowest BCUT2D eigenvalue weighted by atomic mass is 10.0. The Labute approximate surface area is 187 Å². The van der Waals surface area contributed by atoms with Crippen molar-refractivity contribution in [3.8, 4) is 0 Å². The average Bonchev–Trinajstić information content (AvgIpc) is 3.18. The highest BCUT2D eigenvalue weighted by molar-refractivity contribution is 7.89. The molecule has 4 rings (SSSR count). The van der Waals surface area contributed by atoms with Crippen LogP contribution in [0.3, 0.4) is 0 Å². The molecule has 0 unspecified atom stereocenters. The molecule has 0 aliphatic heterocycles. The zero-order valence-electron chi connectivity index (χ0n) is 17.8. The zero-order chi connectivity index (χ0) is 22.9. The van der Waals surface area contributed by atoms with Gasteiger partial charge in [-0.3, -0.25) is 4.79 Å². The van der Waals surface area contributed by atoms with Crippen LogP contribution in [0.4, 0.5) is 0 Å². The van der Waals surface area contributed by atoms with Gasteiger partial charge in [-0.1, -0.05) is 72.3 Å². The highest BCUT2D eigenvalue weighted by Gasteiger charge is 2.51. The molecule has 32 heavy (non-hydrogen) atoms. The first kappa shape index (κ1) is 21.9. The fraction of sp³-hybridized carbons (Fsp3) is 0.200. The van der Waals surface area contributed by atoms with E-state index in [9.17, 15) is 18.0 Å². The lowest BCUT2D eigenvalue weighted by Crippen LogP contribution is -2.49. The molecule has 1 aliphatic carbocycles. The minimum absolute atomic E-state index is 0.0831. The summed E-state index contributed by atoms with van der Waals surface area (Å²) in [5.74, 6) is -1.92. The summed E-state index contributed by atoms with van der Waals surface area (Å²) in [6, 6.07) is 21.7. The maximum atomic E-state index is 13.5. The van der Waals surface area contributed by atoms with Crippen molar-refractivity contribution in [3.05, 3.63) is 101 Å². The second kappa shape index (κ2) is 8.33. The fourth-order valence-electron chi connectivity index (χ4n) is 4.03. The molecule has 164 valence electrons. The number of ketones is 1. The van der Waals surface area contributed by atoms with Gasteiger partial charge in [0.05, 0.1) is 4.90 Å². The van der Waals surface area contributed by atoms with Crippen LogP contribution in [0.2, 0.25) is 0 Å². The minimum atomic E-state index is -4.03. The number of esters is 1. The number of aryl methyl sites for hydroxylation is 2. The van der Waals surface area contributed by atoms with E-state index in [0.29, 0.717) is 12.0 Å². The van der Waals surface area contributed by atoms with Gasteiger partial charge in [0, 0.05) is 24.6 Å². The molecule has 0 N–H and O–H groups in total. The summed E-state index contributed by atoms with van der Waals surface area (Å²) in [7, 11) is -2.64. The maximum Gasteiger partial charge on any atom is 0.381 e. The fourth-order valence-corrected chi connectivity index (χ4v) is 5.44. The van der Waals surface area contributed by atoms with Gasteiger partial charge in [-0.15, -0.1) is 0 Å². The van der Waals surface area contributed by atoms with Gasteiger partial charge in [0.1, 0.15) is 0 Å². The molecule has 0 saturated carbocycles. The second-order valence-electron chi connectivity index (χ2n) is 7.81. The van der Waals surface area contributed by atoms with Gasteiger partial charge in [-0.2, -0.15) is 4.31 Å². The maximum absolute atomic E-state index is 13.5. The molecule has 3 aromatic carbocycles. The van der Waals surface area contributed by atoms with Crippen LogP contribution in [0.1, 0.15) is 33.5 Å². The predicted molar refractivity (Wildman–Crippen MR) is 119 cm³/mol. The zero-order valence-corrected chi connectivity index (χ0v) is 18.6. The average molecular weight is 450 g/mol. The summed E-state index contributed by atoms with van der Waals surface area (Å²) in [5, 5.41) is 0. The third-order valence-corrected chi connectivity index (χ3v) is 7.73. The number of benzene rings is 3. The number of Topliss-reactive ketones (excluding diaryl/α,β-unsaturated/α-hetero) is 1. The SMILES string of the molecule is Cc1ccc(S(=O)(=O)N(C)[C@@]2(OC(=O)C(=O)c3ccccc3)CCc3ccccc32)cc1. The van der Waals surface area contributed by atoms with Crippen molar-refractivity contribution in [2.45, 2.75) is 30.4 Å². The molecule has 1 atom stereocenters. The highest BCUT2D eigenvalue weighted by atomic mass is 32.2. The Bertz CT molecular complexity index is 1270. The Morgan fingerprint density at radius 2 is 1.53 bits per heavy atom. The smallest absolute Gasteiger partial charge is 0.381 e. The summed E-state index contributed by atoms with van der Waals surface area (Å²) in [6.45, 7) is 1.87. The van der Waals surface area contributed by atoms with E-state index in [4.69, 9.17) is 4.74 Å². The molecule has 0 bridgehead atoms. The molecule has 0 aromatic heterocycles. The molecule has 6 nitrogen and oxygen atoms in total. The summed E-state index contributed by atoms with van der Waals surface area (Å²) in [6.07, 6.45) is 0.721. The molecular formula is C25H23NO5S. The van der Waals surface area contributed by atoms with Crippen molar-refractivity contribution in [3.63, 3.8) is 0 Å². The third-order valence-electron chi connectivity index (χ3n) is 5.84. The van der Waals surface area contributed by atoms with Crippen LogP contribution >= 0.6 is 0 Å². The van der Waals surface area contributed by atoms with Crippen molar-refractivity contribution in [1.82, 2.24) is 4.31 Å². The van der Waals surface area contributed by atoms with Crippen molar-refractivity contribution in [2.24, 2.45) is 0 Å². The Hall–Kier alpha value is -3.29. The van der Waals surface area contributed by atoms with Crippen molar-refractivity contribution >= 4 is 21.8 Å². The van der Waals surface area contributed by atoms with Crippen LogP contribution in [0, 0.1) is 6.92 Å². The van der Waals surface area contributed by atoms with Crippen LogP contribution in [0.5, 0.6) is 0 Å². The number of nitrogens with zero attached hydrogens (tertiary/aromatic N) is 1. The lowest BCUT2D eigenvalue weighted by molar-refractivity contribution is -0.168. The second-order valence-corrected chi connectivity index (χ2v) is 9.78. The molecule has 0 fully saturated rings. The number of carbonyl (C=O) groups is 2. The van der Waals surface area contributed by atoms with Gasteiger partial charge >= 0.3 is 5.97 Å². The van der Waals surface area contributed by atoms with Crippen molar-refractivity contribution in [1.29, 1.82) is 0 Å². The van der Waals surface area contributed by atoms with Crippen molar-refractivity contribution in [2.75, 3.05) is 7.05 Å². The van der Waals surface area contributed by atoms with E-state index in [-0.39, 0.29) is 16.9 Å². The number of rotatable bonds is 6. The van der Waals surface area contributed by atoms with Gasteiger partial charge < -0.3 is 4.74 Å². The molecule has 7 heteroatoms. The number of ether oxygens (including phenoxy) is 1. The summed E-state index contributed by atoms with van der Waals surface area (Å²) in [4.78, 5) is 25.7. The van der Waals surface area contributed by atoms with E-state index >= 15 is 0 Å². The Morgan fingerprint density at radius 1 is 0.906 bits per heavy atom. The van der Waals surface area contributed by atoms with Crippen LogP contribution in [-0.2, 0) is 31.7 Å². The van der Waals surface area contributed by atoms with E-state index in [1.54, 1.807) is 42.5 Å². The van der Waals surface area contributed by atoms with Crippen molar-refractivity contribution < 1.29 is 22.7 Å². The third kappa shape index (κ3) is 3.74. The van der Waals surface area contributed by atoms with Gasteiger partial charge in [0.15, 0.2) is 0 Å². The van der Waals surface area contributed by atoms with E-state index in [2.05, 4.69) is 0 Å². The van der Waals surface area contributed by atoms with Gasteiger partial charge in [-0.05, 0) is 31.0 Å². The van der Waals surface area contributed by atoms with E-state index in [1.807, 2.05) is 19.1 Å². The first-order valence-electron chi connectivity index (χ1n) is 10.2. The minimum Gasteiger partial charge on any atom is -0.432 e. The number of carbonyl (C=O) groups excluding carboxylic acids is 2. The Kier molecular flexibility index (Phi) is 5.71. The van der Waals surface area contributed by atoms with E-state index < -0.39 is 27.5 Å². The Morgan fingerprint density at radius 3 is 2.22 bits per heavy atom.